The molecule has 1 heterocycles. The molecule has 2 aromatic rings. The van der Waals surface area contributed by atoms with Crippen molar-refractivity contribution < 1.29 is 18.7 Å². The summed E-state index contributed by atoms with van der Waals surface area (Å²) in [5.74, 6) is 1.35. The Kier molecular flexibility index (Phi) is 8.27. The van der Waals surface area contributed by atoms with Gasteiger partial charge >= 0.3 is 0 Å². The van der Waals surface area contributed by atoms with Gasteiger partial charge in [-0.1, -0.05) is 6.07 Å². The molecule has 0 atom stereocenters. The molecular weight excluding hydrogens is 381 g/mol. The van der Waals surface area contributed by atoms with Crippen LogP contribution in [0.25, 0.3) is 0 Å². The number of halogens is 2. The van der Waals surface area contributed by atoms with Gasteiger partial charge in [-0.3, -0.25) is 4.79 Å². The first-order chi connectivity index (χ1) is 13.1. The largest absolute Gasteiger partial charge is 0.493 e. The molecule has 0 unspecified atom stereocenters. The number of Topliss-reactive ketones (excluding diaryl/α,β-unsaturated/α-hetero) is 1. The lowest BCUT2D eigenvalue weighted by molar-refractivity contribution is 0.0841. The van der Waals surface area contributed by atoms with Gasteiger partial charge < -0.3 is 14.4 Å². The van der Waals surface area contributed by atoms with E-state index in [1.54, 1.807) is 26.4 Å². The summed E-state index contributed by atoms with van der Waals surface area (Å²) >= 11 is 0. The number of ketones is 1. The maximum absolute atomic E-state index is 13.0. The number of carbonyl (C=O) groups is 1. The number of hydrogen-bond acceptors (Lipinski definition) is 4. The van der Waals surface area contributed by atoms with E-state index in [1.165, 1.54) is 17.7 Å². The van der Waals surface area contributed by atoms with Crippen molar-refractivity contribution in [2.24, 2.45) is 5.92 Å². The van der Waals surface area contributed by atoms with E-state index in [-0.39, 0.29) is 29.9 Å². The van der Waals surface area contributed by atoms with E-state index in [4.69, 9.17) is 9.47 Å². The Balaban J connectivity index is 0.00000280. The highest BCUT2D eigenvalue weighted by molar-refractivity contribution is 5.97. The van der Waals surface area contributed by atoms with Gasteiger partial charge in [-0.05, 0) is 74.3 Å². The molecule has 152 valence electrons. The molecule has 0 saturated carbocycles. The highest BCUT2D eigenvalue weighted by Gasteiger charge is 2.25. The topological polar surface area (TPSA) is 38.8 Å². The smallest absolute Gasteiger partial charge is 0.166 e. The van der Waals surface area contributed by atoms with Crippen LogP contribution >= 0.6 is 12.4 Å². The van der Waals surface area contributed by atoms with Crippen molar-refractivity contribution in [3.63, 3.8) is 0 Å². The molecule has 2 aromatic carbocycles. The summed E-state index contributed by atoms with van der Waals surface area (Å²) in [4.78, 5) is 15.0. The van der Waals surface area contributed by atoms with Gasteiger partial charge in [0, 0.05) is 18.0 Å². The number of hydrogen-bond donors (Lipinski definition) is 0. The maximum atomic E-state index is 13.0. The summed E-state index contributed by atoms with van der Waals surface area (Å²) in [5, 5.41) is 0. The van der Waals surface area contributed by atoms with Crippen molar-refractivity contribution in [3.05, 3.63) is 59.4 Å². The molecule has 1 aliphatic heterocycles. The van der Waals surface area contributed by atoms with Gasteiger partial charge in [-0.25, -0.2) is 4.39 Å². The monoisotopic (exact) mass is 407 g/mol. The van der Waals surface area contributed by atoms with E-state index in [0.29, 0.717) is 5.56 Å². The second-order valence-electron chi connectivity index (χ2n) is 6.93. The molecule has 0 aromatic heterocycles. The Morgan fingerprint density at radius 3 is 2.29 bits per heavy atom. The predicted molar refractivity (Wildman–Crippen MR) is 110 cm³/mol. The molecule has 28 heavy (non-hydrogen) atoms. The van der Waals surface area contributed by atoms with Crippen LogP contribution in [0, 0.1) is 11.7 Å². The van der Waals surface area contributed by atoms with Gasteiger partial charge in [0.25, 0.3) is 0 Å². The molecule has 4 nitrogen and oxygen atoms in total. The van der Waals surface area contributed by atoms with E-state index in [9.17, 15) is 9.18 Å². The minimum Gasteiger partial charge on any atom is -0.493 e. The molecule has 0 bridgehead atoms. The highest BCUT2D eigenvalue weighted by atomic mass is 35.5. The Labute approximate surface area is 172 Å². The molecular formula is C22H27ClFNO3. The fourth-order valence-electron chi connectivity index (χ4n) is 3.59. The summed E-state index contributed by atoms with van der Waals surface area (Å²) in [6.45, 7) is 2.77. The average molecular weight is 408 g/mol. The molecule has 3 rings (SSSR count). The quantitative estimate of drug-likeness (QED) is 0.637. The lowest BCUT2D eigenvalue weighted by atomic mass is 9.89. The van der Waals surface area contributed by atoms with E-state index in [2.05, 4.69) is 11.0 Å². The van der Waals surface area contributed by atoms with Gasteiger partial charge in [-0.2, -0.15) is 0 Å². The van der Waals surface area contributed by atoms with Crippen LogP contribution in [-0.2, 0) is 6.42 Å². The van der Waals surface area contributed by atoms with Crippen LogP contribution in [0.1, 0.15) is 28.8 Å². The Hall–Kier alpha value is -2.11. The van der Waals surface area contributed by atoms with Crippen molar-refractivity contribution in [3.8, 4) is 11.5 Å². The zero-order chi connectivity index (χ0) is 19.2. The second-order valence-corrected chi connectivity index (χ2v) is 6.93. The van der Waals surface area contributed by atoms with Gasteiger partial charge in [-0.15, -0.1) is 12.4 Å². The van der Waals surface area contributed by atoms with Crippen molar-refractivity contribution in [2.75, 3.05) is 33.9 Å². The van der Waals surface area contributed by atoms with Crippen LogP contribution in [-0.4, -0.2) is 44.5 Å². The van der Waals surface area contributed by atoms with Gasteiger partial charge in [0.15, 0.2) is 17.3 Å². The highest BCUT2D eigenvalue weighted by Crippen LogP contribution is 2.28. The fraction of sp³-hybridized carbons (Fsp3) is 0.409. The van der Waals surface area contributed by atoms with Crippen LogP contribution in [0.2, 0.25) is 0 Å². The van der Waals surface area contributed by atoms with Crippen molar-refractivity contribution in [1.82, 2.24) is 4.90 Å². The van der Waals surface area contributed by atoms with E-state index in [0.717, 1.165) is 50.4 Å². The summed E-state index contributed by atoms with van der Waals surface area (Å²) in [6.07, 6.45) is 2.63. The van der Waals surface area contributed by atoms with Crippen LogP contribution in [0.15, 0.2) is 42.5 Å². The Bertz CT molecular complexity index is 774. The normalized spacial score (nSPS) is 15.0. The molecule has 0 amide bonds. The van der Waals surface area contributed by atoms with Crippen molar-refractivity contribution in [1.29, 1.82) is 0 Å². The zero-order valence-electron chi connectivity index (χ0n) is 16.3. The van der Waals surface area contributed by atoms with E-state index >= 15 is 0 Å². The third kappa shape index (κ3) is 5.46. The van der Waals surface area contributed by atoms with E-state index < -0.39 is 0 Å². The Morgan fingerprint density at radius 2 is 1.68 bits per heavy atom. The minimum absolute atomic E-state index is 0. The number of piperidine rings is 1. The minimum atomic E-state index is -0.309. The molecule has 1 fully saturated rings. The molecule has 1 aliphatic rings. The number of carbonyl (C=O) groups excluding carboxylic acids is 1. The SMILES string of the molecule is COc1ccc(CCN2CCC(C(=O)c3ccc(F)cc3)CC2)cc1OC.Cl. The molecule has 0 spiro atoms. The predicted octanol–water partition coefficient (Wildman–Crippen LogP) is 4.40. The number of methoxy groups -OCH3 is 2. The number of rotatable bonds is 7. The number of benzene rings is 2. The van der Waals surface area contributed by atoms with Gasteiger partial charge in [0.1, 0.15) is 5.82 Å². The molecule has 6 heteroatoms. The van der Waals surface area contributed by atoms with Crippen LogP contribution < -0.4 is 9.47 Å². The molecule has 0 radical (unpaired) electrons. The van der Waals surface area contributed by atoms with Crippen molar-refractivity contribution in [2.45, 2.75) is 19.3 Å². The number of nitrogens with zero attached hydrogens (tertiary/aromatic N) is 1. The van der Waals surface area contributed by atoms with Crippen LogP contribution in [0.3, 0.4) is 0 Å². The lowest BCUT2D eigenvalue weighted by Crippen LogP contribution is -2.37. The van der Waals surface area contributed by atoms with Crippen LogP contribution in [0.5, 0.6) is 11.5 Å². The molecule has 0 N–H and O–H groups in total. The first-order valence-corrected chi connectivity index (χ1v) is 9.33. The van der Waals surface area contributed by atoms with E-state index in [1.807, 2.05) is 12.1 Å². The average Bonchev–Trinajstić information content (AvgIpc) is 2.72. The summed E-state index contributed by atoms with van der Waals surface area (Å²) in [5.41, 5.74) is 1.82. The zero-order valence-corrected chi connectivity index (χ0v) is 17.1. The first-order valence-electron chi connectivity index (χ1n) is 9.33. The van der Waals surface area contributed by atoms with Gasteiger partial charge in [0.05, 0.1) is 14.2 Å². The number of ether oxygens (including phenoxy) is 2. The van der Waals surface area contributed by atoms with Gasteiger partial charge in [0.2, 0.25) is 0 Å². The van der Waals surface area contributed by atoms with Crippen LogP contribution in [0.4, 0.5) is 4.39 Å². The standard InChI is InChI=1S/C22H26FNO3.ClH/c1-26-20-8-3-16(15-21(20)27-2)9-12-24-13-10-18(11-14-24)22(25)17-4-6-19(23)7-5-17;/h3-8,15,18H,9-14H2,1-2H3;1H. The second kappa shape index (κ2) is 10.4. The van der Waals surface area contributed by atoms with Crippen molar-refractivity contribution >= 4 is 18.2 Å². The first kappa shape index (κ1) is 22.2. The molecule has 1 saturated heterocycles. The summed E-state index contributed by atoms with van der Waals surface area (Å²) < 4.78 is 23.7. The number of likely N-dealkylation sites (tertiary alicyclic amines) is 1. The third-order valence-corrected chi connectivity index (χ3v) is 5.25. The maximum Gasteiger partial charge on any atom is 0.166 e. The molecule has 0 aliphatic carbocycles. The third-order valence-electron chi connectivity index (χ3n) is 5.25. The Morgan fingerprint density at radius 1 is 1.04 bits per heavy atom. The summed E-state index contributed by atoms with van der Waals surface area (Å²) in [6, 6.07) is 11.9. The summed E-state index contributed by atoms with van der Waals surface area (Å²) in [7, 11) is 3.28. The lowest BCUT2D eigenvalue weighted by Gasteiger charge is -2.31. The fourth-order valence-corrected chi connectivity index (χ4v) is 3.59.